The fraction of sp³-hybridized carbons (Fsp3) is 0.0435. The van der Waals surface area contributed by atoms with Crippen LogP contribution in [-0.4, -0.2) is 35.6 Å². The molecule has 6 rings (SSSR count). The molecule has 0 fully saturated rings. The fourth-order valence-electron chi connectivity index (χ4n) is 3.67. The molecule has 0 aliphatic carbocycles. The van der Waals surface area contributed by atoms with E-state index >= 15 is 0 Å². The molecule has 0 unspecified atom stereocenters. The molecule has 0 N–H and O–H groups in total. The number of ether oxygens (including phenoxy) is 1. The summed E-state index contributed by atoms with van der Waals surface area (Å²) in [5, 5.41) is 7.72. The summed E-state index contributed by atoms with van der Waals surface area (Å²) in [4.78, 5) is 13.5. The molecule has 6 aromatic rings. The molecule has 0 aliphatic rings. The number of imidazole rings is 1. The summed E-state index contributed by atoms with van der Waals surface area (Å²) in [5.41, 5.74) is 4.65. The summed E-state index contributed by atoms with van der Waals surface area (Å²) in [7, 11) is 1.65. The van der Waals surface area contributed by atoms with Crippen LogP contribution in [0.25, 0.3) is 38.6 Å². The van der Waals surface area contributed by atoms with Crippen molar-refractivity contribution in [3.8, 4) is 16.9 Å². The molecule has 0 amide bonds. The quantitative estimate of drug-likeness (QED) is 0.403. The summed E-state index contributed by atoms with van der Waals surface area (Å²) in [6.45, 7) is 0. The second kappa shape index (κ2) is 7.10. The van der Waals surface area contributed by atoms with Crippen LogP contribution in [0.5, 0.6) is 5.75 Å². The molecule has 0 radical (unpaired) electrons. The van der Waals surface area contributed by atoms with Gasteiger partial charge in [-0.3, -0.25) is 14.4 Å². The summed E-state index contributed by atoms with van der Waals surface area (Å²) < 4.78 is 9.21. The van der Waals surface area contributed by atoms with Gasteiger partial charge >= 0.3 is 0 Å². The lowest BCUT2D eigenvalue weighted by atomic mass is 10.0. The molecule has 0 spiro atoms. The highest BCUT2D eigenvalue weighted by Gasteiger charge is 2.13. The van der Waals surface area contributed by atoms with Crippen LogP contribution < -0.4 is 4.74 Å². The number of rotatable bonds is 4. The lowest BCUT2D eigenvalue weighted by Crippen LogP contribution is -1.94. The van der Waals surface area contributed by atoms with Gasteiger partial charge in [0.2, 0.25) is 0 Å². The Bertz CT molecular complexity index is 1570. The van der Waals surface area contributed by atoms with E-state index < -0.39 is 0 Å². The van der Waals surface area contributed by atoms with Crippen LogP contribution >= 0.6 is 11.9 Å². The number of aromatic nitrogens is 6. The predicted octanol–water partition coefficient (Wildman–Crippen LogP) is 4.86. The summed E-state index contributed by atoms with van der Waals surface area (Å²) in [6, 6.07) is 14.2. The predicted molar refractivity (Wildman–Crippen MR) is 121 cm³/mol. The first kappa shape index (κ1) is 17.9. The van der Waals surface area contributed by atoms with Gasteiger partial charge in [0.25, 0.3) is 0 Å². The molecule has 0 bridgehead atoms. The molecule has 150 valence electrons. The normalized spacial score (nSPS) is 11.5. The number of nitrogens with zero attached hydrogens (tertiary/aromatic N) is 6. The van der Waals surface area contributed by atoms with Gasteiger partial charge in [0.05, 0.1) is 25.7 Å². The van der Waals surface area contributed by atoms with E-state index in [-0.39, 0.29) is 0 Å². The standard InChI is InChI=1S/C23H16N6OS/c1-30-17-6-7-22-26-13-23(28(22)14-17)31-29-21-8-16(10-25-20(21)12-27-29)19-11-24-9-15-4-2-3-5-18(15)19/h2-14H,1H3. The van der Waals surface area contributed by atoms with Crippen LogP contribution in [0.1, 0.15) is 0 Å². The van der Waals surface area contributed by atoms with E-state index in [1.54, 1.807) is 13.3 Å². The maximum absolute atomic E-state index is 5.36. The van der Waals surface area contributed by atoms with Crippen molar-refractivity contribution in [3.05, 3.63) is 79.6 Å². The van der Waals surface area contributed by atoms with E-state index in [0.29, 0.717) is 0 Å². The maximum Gasteiger partial charge on any atom is 0.137 e. The van der Waals surface area contributed by atoms with E-state index in [1.807, 2.05) is 63.7 Å². The highest BCUT2D eigenvalue weighted by atomic mass is 32.2. The molecular weight excluding hydrogens is 408 g/mol. The zero-order valence-corrected chi connectivity index (χ0v) is 17.3. The van der Waals surface area contributed by atoms with Crippen molar-refractivity contribution in [1.82, 2.24) is 28.5 Å². The smallest absolute Gasteiger partial charge is 0.137 e. The Kier molecular flexibility index (Phi) is 4.10. The van der Waals surface area contributed by atoms with Crippen LogP contribution in [-0.2, 0) is 0 Å². The van der Waals surface area contributed by atoms with E-state index in [1.165, 1.54) is 11.9 Å². The Morgan fingerprint density at radius 1 is 0.935 bits per heavy atom. The minimum Gasteiger partial charge on any atom is -0.495 e. The average Bonchev–Trinajstić information content (AvgIpc) is 3.42. The first-order chi connectivity index (χ1) is 15.3. The molecule has 0 atom stereocenters. The van der Waals surface area contributed by atoms with Gasteiger partial charge in [-0.25, -0.2) is 4.98 Å². The van der Waals surface area contributed by atoms with Crippen LogP contribution in [0, 0.1) is 0 Å². The highest BCUT2D eigenvalue weighted by Crippen LogP contribution is 2.31. The lowest BCUT2D eigenvalue weighted by Gasteiger charge is -2.07. The monoisotopic (exact) mass is 424 g/mol. The summed E-state index contributed by atoms with van der Waals surface area (Å²) >= 11 is 1.48. The van der Waals surface area contributed by atoms with Crippen LogP contribution in [0.2, 0.25) is 0 Å². The first-order valence-corrected chi connectivity index (χ1v) is 10.4. The maximum atomic E-state index is 5.36. The number of methoxy groups -OCH3 is 1. The Hall–Kier alpha value is -3.91. The van der Waals surface area contributed by atoms with E-state index in [9.17, 15) is 0 Å². The molecule has 1 aromatic carbocycles. The van der Waals surface area contributed by atoms with Gasteiger partial charge in [-0.1, -0.05) is 24.3 Å². The Morgan fingerprint density at radius 2 is 1.87 bits per heavy atom. The lowest BCUT2D eigenvalue weighted by molar-refractivity contribution is 0.412. The molecule has 0 saturated heterocycles. The number of hydrogen-bond donors (Lipinski definition) is 0. The van der Waals surface area contributed by atoms with Crippen molar-refractivity contribution >= 4 is 39.4 Å². The van der Waals surface area contributed by atoms with Crippen molar-refractivity contribution in [2.75, 3.05) is 7.11 Å². The van der Waals surface area contributed by atoms with Crippen LogP contribution in [0.3, 0.4) is 0 Å². The number of benzene rings is 1. The molecule has 0 saturated carbocycles. The minimum atomic E-state index is 0.769. The molecule has 8 heteroatoms. The van der Waals surface area contributed by atoms with Crippen molar-refractivity contribution in [1.29, 1.82) is 0 Å². The third kappa shape index (κ3) is 3.00. The zero-order chi connectivity index (χ0) is 20.8. The molecule has 5 aromatic heterocycles. The van der Waals surface area contributed by atoms with E-state index in [0.717, 1.165) is 49.4 Å². The van der Waals surface area contributed by atoms with Crippen LogP contribution in [0.4, 0.5) is 0 Å². The molecule has 7 nitrogen and oxygen atoms in total. The van der Waals surface area contributed by atoms with Crippen molar-refractivity contribution in [2.45, 2.75) is 5.03 Å². The largest absolute Gasteiger partial charge is 0.495 e. The topological polar surface area (TPSA) is 70.1 Å². The molecule has 31 heavy (non-hydrogen) atoms. The zero-order valence-electron chi connectivity index (χ0n) is 16.5. The van der Waals surface area contributed by atoms with E-state index in [2.05, 4.69) is 38.2 Å². The second-order valence-electron chi connectivity index (χ2n) is 7.04. The van der Waals surface area contributed by atoms with Crippen LogP contribution in [0.15, 0.2) is 84.7 Å². The Morgan fingerprint density at radius 3 is 2.81 bits per heavy atom. The summed E-state index contributed by atoms with van der Waals surface area (Å²) in [5.74, 6) is 0.769. The van der Waals surface area contributed by atoms with Gasteiger partial charge in [0, 0.05) is 47.1 Å². The Balaban J connectivity index is 1.46. The molecule has 5 heterocycles. The second-order valence-corrected chi connectivity index (χ2v) is 7.99. The first-order valence-electron chi connectivity index (χ1n) is 9.66. The number of pyridine rings is 3. The van der Waals surface area contributed by atoms with Gasteiger partial charge < -0.3 is 4.74 Å². The minimum absolute atomic E-state index is 0.769. The third-order valence-corrected chi connectivity index (χ3v) is 6.18. The molecular formula is C23H16N6OS. The number of hydrogen-bond acceptors (Lipinski definition) is 6. The van der Waals surface area contributed by atoms with Gasteiger partial charge in [0.15, 0.2) is 0 Å². The van der Waals surface area contributed by atoms with Crippen molar-refractivity contribution in [2.24, 2.45) is 0 Å². The van der Waals surface area contributed by atoms with Gasteiger partial charge in [0.1, 0.15) is 27.5 Å². The molecule has 0 aliphatic heterocycles. The highest BCUT2D eigenvalue weighted by molar-refractivity contribution is 7.97. The average molecular weight is 424 g/mol. The van der Waals surface area contributed by atoms with Gasteiger partial charge in [-0.15, -0.1) is 0 Å². The fourth-order valence-corrected chi connectivity index (χ4v) is 4.52. The Labute approximate surface area is 181 Å². The van der Waals surface area contributed by atoms with E-state index in [4.69, 9.17) is 4.74 Å². The van der Waals surface area contributed by atoms with Gasteiger partial charge in [-0.2, -0.15) is 9.19 Å². The number of fused-ring (bicyclic) bond motifs is 3. The SMILES string of the molecule is COc1ccc2ncc(Sn3ncc4ncc(-c5cncc6ccccc56)cc43)n2c1. The van der Waals surface area contributed by atoms with Crippen molar-refractivity contribution in [3.63, 3.8) is 0 Å². The van der Waals surface area contributed by atoms with Gasteiger partial charge in [-0.05, 0) is 23.6 Å². The van der Waals surface area contributed by atoms with Crippen molar-refractivity contribution < 1.29 is 4.74 Å². The summed E-state index contributed by atoms with van der Waals surface area (Å²) in [6.07, 6.45) is 11.2. The third-order valence-electron chi connectivity index (χ3n) is 5.23.